The molecule has 1 aliphatic carbocycles. The summed E-state index contributed by atoms with van der Waals surface area (Å²) in [7, 11) is 0. The van der Waals surface area contributed by atoms with Crippen molar-refractivity contribution in [3.63, 3.8) is 0 Å². The number of nitrogens with two attached hydrogens (primary N) is 1. The number of hydrogen-bond donors (Lipinski definition) is 2. The summed E-state index contributed by atoms with van der Waals surface area (Å²) in [5.41, 5.74) is 6.39. The zero-order valence-corrected chi connectivity index (χ0v) is 14.5. The molecule has 2 aromatic heterocycles. The highest BCUT2D eigenvalue weighted by atomic mass is 16.1. The average Bonchev–Trinajstić information content (AvgIpc) is 3.11. The van der Waals surface area contributed by atoms with E-state index < -0.39 is 0 Å². The molecule has 0 unspecified atom stereocenters. The number of carbonyl (C=O) groups excluding carboxylic acids is 1. The van der Waals surface area contributed by atoms with Gasteiger partial charge in [0, 0.05) is 44.3 Å². The Morgan fingerprint density at radius 1 is 1.23 bits per heavy atom. The fourth-order valence-electron chi connectivity index (χ4n) is 3.80. The smallest absolute Gasteiger partial charge is 0.244 e. The van der Waals surface area contributed by atoms with E-state index >= 15 is 0 Å². The summed E-state index contributed by atoms with van der Waals surface area (Å²) in [6, 6.07) is 5.39. The summed E-state index contributed by atoms with van der Waals surface area (Å²) in [4.78, 5) is 26.8. The molecule has 0 radical (unpaired) electrons. The second kappa shape index (κ2) is 7.11. The van der Waals surface area contributed by atoms with Gasteiger partial charge in [0.15, 0.2) is 0 Å². The maximum Gasteiger partial charge on any atom is 0.244 e. The van der Waals surface area contributed by atoms with E-state index in [0.717, 1.165) is 31.0 Å². The monoisotopic (exact) mass is 350 g/mol. The van der Waals surface area contributed by atoms with Crippen molar-refractivity contribution in [2.24, 2.45) is 17.8 Å². The van der Waals surface area contributed by atoms with Crippen molar-refractivity contribution >= 4 is 23.7 Å². The Morgan fingerprint density at radius 2 is 2.00 bits per heavy atom. The minimum atomic E-state index is -0.0769. The molecule has 1 amide bonds. The average molecular weight is 350 g/mol. The van der Waals surface area contributed by atoms with E-state index in [9.17, 15) is 4.79 Å². The SMILES string of the molecule is Nc1ccc(/C=C/C(=O)NCC[C@@H]2[C@H]3CN(c4ncccn4)C[C@@H]23)cn1. The van der Waals surface area contributed by atoms with E-state index in [1.54, 1.807) is 30.7 Å². The number of anilines is 2. The van der Waals surface area contributed by atoms with Crippen LogP contribution in [0.25, 0.3) is 6.08 Å². The quantitative estimate of drug-likeness (QED) is 0.764. The lowest BCUT2D eigenvalue weighted by Gasteiger charge is -2.19. The number of rotatable bonds is 6. The Bertz CT molecular complexity index is 779. The molecule has 1 saturated heterocycles. The summed E-state index contributed by atoms with van der Waals surface area (Å²) >= 11 is 0. The standard InChI is InChI=1S/C19H22N6O/c20-17-4-2-13(10-24-17)3-5-18(26)21-9-6-14-15-11-25(12-16(14)15)19-22-7-1-8-23-19/h1-5,7-8,10,14-16H,6,9,11-12H2,(H2,20,24)(H,21,26)/b5-3+/t14-,15-,16+. The van der Waals surface area contributed by atoms with Gasteiger partial charge >= 0.3 is 0 Å². The summed E-state index contributed by atoms with van der Waals surface area (Å²) in [5, 5.41) is 2.96. The molecular formula is C19H22N6O. The molecular weight excluding hydrogens is 328 g/mol. The first-order valence-electron chi connectivity index (χ1n) is 8.90. The van der Waals surface area contributed by atoms with Crippen molar-refractivity contribution in [2.75, 3.05) is 30.3 Å². The second-order valence-electron chi connectivity index (χ2n) is 6.87. The van der Waals surface area contributed by atoms with Gasteiger partial charge in [-0.1, -0.05) is 0 Å². The van der Waals surface area contributed by atoms with Gasteiger partial charge in [-0.3, -0.25) is 4.79 Å². The predicted octanol–water partition coefficient (Wildman–Crippen LogP) is 1.36. The molecule has 3 heterocycles. The number of nitrogens with one attached hydrogen (secondary N) is 1. The van der Waals surface area contributed by atoms with Crippen LogP contribution in [0.2, 0.25) is 0 Å². The first kappa shape index (κ1) is 16.5. The van der Waals surface area contributed by atoms with Crippen molar-refractivity contribution in [3.05, 3.63) is 48.4 Å². The van der Waals surface area contributed by atoms with Gasteiger partial charge in [-0.15, -0.1) is 0 Å². The summed E-state index contributed by atoms with van der Waals surface area (Å²) in [6.07, 6.45) is 9.52. The van der Waals surface area contributed by atoms with Gasteiger partial charge in [0.05, 0.1) is 0 Å². The van der Waals surface area contributed by atoms with Crippen LogP contribution in [0.5, 0.6) is 0 Å². The molecule has 7 nitrogen and oxygen atoms in total. The molecule has 26 heavy (non-hydrogen) atoms. The largest absolute Gasteiger partial charge is 0.384 e. The zero-order chi connectivity index (χ0) is 17.9. The Morgan fingerprint density at radius 3 is 2.69 bits per heavy atom. The molecule has 134 valence electrons. The normalized spacial score (nSPS) is 23.8. The van der Waals surface area contributed by atoms with Gasteiger partial charge < -0.3 is 16.0 Å². The molecule has 2 aromatic rings. The number of fused-ring (bicyclic) bond motifs is 1. The topological polar surface area (TPSA) is 97.0 Å². The number of aromatic nitrogens is 3. The van der Waals surface area contributed by atoms with Crippen molar-refractivity contribution in [2.45, 2.75) is 6.42 Å². The molecule has 0 bridgehead atoms. The van der Waals surface area contributed by atoms with Crippen LogP contribution in [0.3, 0.4) is 0 Å². The van der Waals surface area contributed by atoms with Gasteiger partial charge in [0.2, 0.25) is 11.9 Å². The van der Waals surface area contributed by atoms with E-state index in [1.165, 1.54) is 6.08 Å². The third-order valence-corrected chi connectivity index (χ3v) is 5.22. The highest BCUT2D eigenvalue weighted by Crippen LogP contribution is 2.53. The molecule has 1 aliphatic heterocycles. The molecule has 2 aliphatic rings. The Kier molecular flexibility index (Phi) is 4.51. The number of carbonyl (C=O) groups is 1. The Balaban J connectivity index is 1.17. The number of pyridine rings is 1. The maximum atomic E-state index is 11.9. The minimum Gasteiger partial charge on any atom is -0.384 e. The number of piperidine rings is 1. The van der Waals surface area contributed by atoms with Crippen molar-refractivity contribution in [1.29, 1.82) is 0 Å². The fourth-order valence-corrected chi connectivity index (χ4v) is 3.80. The van der Waals surface area contributed by atoms with Gasteiger partial charge in [-0.2, -0.15) is 0 Å². The maximum absolute atomic E-state index is 11.9. The van der Waals surface area contributed by atoms with Gasteiger partial charge in [-0.05, 0) is 54.0 Å². The third kappa shape index (κ3) is 3.66. The van der Waals surface area contributed by atoms with E-state index in [4.69, 9.17) is 5.73 Å². The van der Waals surface area contributed by atoms with Crippen LogP contribution < -0.4 is 16.0 Å². The zero-order valence-electron chi connectivity index (χ0n) is 14.5. The number of nitrogen functional groups attached to an aromatic ring is 1. The van der Waals surface area contributed by atoms with E-state index in [2.05, 4.69) is 25.2 Å². The predicted molar refractivity (Wildman–Crippen MR) is 100 cm³/mol. The Labute approximate surface area is 152 Å². The first-order chi connectivity index (χ1) is 12.7. The van der Waals surface area contributed by atoms with Crippen molar-refractivity contribution < 1.29 is 4.79 Å². The lowest BCUT2D eigenvalue weighted by molar-refractivity contribution is -0.116. The molecule has 3 atom stereocenters. The number of nitrogens with zero attached hydrogens (tertiary/aromatic N) is 4. The highest BCUT2D eigenvalue weighted by molar-refractivity contribution is 5.91. The van der Waals surface area contributed by atoms with Gasteiger partial charge in [0.1, 0.15) is 5.82 Å². The van der Waals surface area contributed by atoms with Crippen molar-refractivity contribution in [3.8, 4) is 0 Å². The van der Waals surface area contributed by atoms with Crippen LogP contribution >= 0.6 is 0 Å². The summed E-state index contributed by atoms with van der Waals surface area (Å²) < 4.78 is 0. The number of amides is 1. The van der Waals surface area contributed by atoms with Gasteiger partial charge in [-0.25, -0.2) is 15.0 Å². The molecule has 0 spiro atoms. The number of hydrogen-bond acceptors (Lipinski definition) is 6. The molecule has 4 rings (SSSR count). The van der Waals surface area contributed by atoms with Crippen LogP contribution in [0.1, 0.15) is 12.0 Å². The molecule has 7 heteroatoms. The second-order valence-corrected chi connectivity index (χ2v) is 6.87. The van der Waals surface area contributed by atoms with E-state index in [1.807, 2.05) is 12.1 Å². The summed E-state index contributed by atoms with van der Waals surface area (Å²) in [6.45, 7) is 2.76. The van der Waals surface area contributed by atoms with Crippen LogP contribution in [0.15, 0.2) is 42.9 Å². The van der Waals surface area contributed by atoms with Crippen molar-refractivity contribution in [1.82, 2.24) is 20.3 Å². The van der Waals surface area contributed by atoms with Crippen LogP contribution in [0.4, 0.5) is 11.8 Å². The molecule has 2 fully saturated rings. The minimum absolute atomic E-state index is 0.0769. The van der Waals surface area contributed by atoms with Crippen LogP contribution in [-0.2, 0) is 4.79 Å². The fraction of sp³-hybridized carbons (Fsp3) is 0.368. The molecule has 1 saturated carbocycles. The lowest BCUT2D eigenvalue weighted by Crippen LogP contribution is -2.27. The molecule has 3 N–H and O–H groups in total. The van der Waals surface area contributed by atoms with E-state index in [-0.39, 0.29) is 5.91 Å². The first-order valence-corrected chi connectivity index (χ1v) is 8.90. The lowest BCUT2D eigenvalue weighted by atomic mass is 10.2. The Hall–Kier alpha value is -2.96. The molecule has 0 aromatic carbocycles. The third-order valence-electron chi connectivity index (χ3n) is 5.22. The highest BCUT2D eigenvalue weighted by Gasteiger charge is 2.55. The van der Waals surface area contributed by atoms with Crippen LogP contribution in [-0.4, -0.2) is 40.5 Å². The van der Waals surface area contributed by atoms with Gasteiger partial charge in [0.25, 0.3) is 0 Å². The van der Waals surface area contributed by atoms with Crippen LogP contribution in [0, 0.1) is 17.8 Å². The van der Waals surface area contributed by atoms with E-state index in [0.29, 0.717) is 30.1 Å². The summed E-state index contributed by atoms with van der Waals surface area (Å²) in [5.74, 6) is 3.36.